The van der Waals surface area contributed by atoms with E-state index in [2.05, 4.69) is 15.6 Å². The second-order valence-corrected chi connectivity index (χ2v) is 4.10. The predicted octanol–water partition coefficient (Wildman–Crippen LogP) is 1.54. The van der Waals surface area contributed by atoms with E-state index in [0.29, 0.717) is 6.54 Å². The highest BCUT2D eigenvalue weighted by Gasteiger charge is 2.20. The third-order valence-corrected chi connectivity index (χ3v) is 2.93. The molecule has 0 unspecified atom stereocenters. The minimum Gasteiger partial charge on any atom is -0.352 e. The summed E-state index contributed by atoms with van der Waals surface area (Å²) < 4.78 is 0. The first kappa shape index (κ1) is 17.2. The summed E-state index contributed by atoms with van der Waals surface area (Å²) in [6.45, 7) is 2.51. The van der Waals surface area contributed by atoms with Crippen molar-refractivity contribution in [3.63, 3.8) is 0 Å². The van der Waals surface area contributed by atoms with Crippen LogP contribution in [0.25, 0.3) is 0 Å². The van der Waals surface area contributed by atoms with Gasteiger partial charge in [-0.05, 0) is 43.6 Å². The van der Waals surface area contributed by atoms with Crippen LogP contribution in [0, 0.1) is 5.92 Å². The Morgan fingerprint density at radius 1 is 1.28 bits per heavy atom. The molecule has 0 aliphatic carbocycles. The molecule has 18 heavy (non-hydrogen) atoms. The van der Waals surface area contributed by atoms with Crippen LogP contribution in [-0.4, -0.2) is 24.0 Å². The van der Waals surface area contributed by atoms with Crippen molar-refractivity contribution in [3.05, 3.63) is 30.1 Å². The highest BCUT2D eigenvalue weighted by Crippen LogP contribution is 2.11. The summed E-state index contributed by atoms with van der Waals surface area (Å²) in [4.78, 5) is 15.8. The molecule has 1 aliphatic heterocycles. The smallest absolute Gasteiger partial charge is 0.223 e. The Hall–Kier alpha value is -0.840. The molecule has 0 atom stereocenters. The lowest BCUT2D eigenvalue weighted by atomic mass is 9.97. The number of rotatable bonds is 3. The average molecular weight is 292 g/mol. The van der Waals surface area contributed by atoms with Gasteiger partial charge >= 0.3 is 0 Å². The fraction of sp³-hybridized carbons (Fsp3) is 0.500. The van der Waals surface area contributed by atoms with E-state index >= 15 is 0 Å². The first-order valence-corrected chi connectivity index (χ1v) is 5.73. The first-order valence-electron chi connectivity index (χ1n) is 5.73. The molecule has 1 saturated heterocycles. The molecule has 2 N–H and O–H groups in total. The number of aromatic nitrogens is 1. The Balaban J connectivity index is 0.00000144. The number of halogens is 2. The van der Waals surface area contributed by atoms with Gasteiger partial charge < -0.3 is 10.6 Å². The van der Waals surface area contributed by atoms with E-state index in [4.69, 9.17) is 0 Å². The summed E-state index contributed by atoms with van der Waals surface area (Å²) in [7, 11) is 0. The third-order valence-electron chi connectivity index (χ3n) is 2.93. The van der Waals surface area contributed by atoms with Crippen LogP contribution in [0.1, 0.15) is 18.4 Å². The van der Waals surface area contributed by atoms with Gasteiger partial charge in [-0.2, -0.15) is 0 Å². The van der Waals surface area contributed by atoms with Gasteiger partial charge in [0.1, 0.15) is 0 Å². The van der Waals surface area contributed by atoms with Crippen molar-refractivity contribution in [1.82, 2.24) is 15.6 Å². The van der Waals surface area contributed by atoms with Gasteiger partial charge in [-0.1, -0.05) is 0 Å². The number of hydrogen-bond donors (Lipinski definition) is 2. The summed E-state index contributed by atoms with van der Waals surface area (Å²) >= 11 is 0. The van der Waals surface area contributed by atoms with Gasteiger partial charge in [0.2, 0.25) is 5.91 Å². The van der Waals surface area contributed by atoms with Crippen molar-refractivity contribution in [2.24, 2.45) is 5.92 Å². The van der Waals surface area contributed by atoms with Gasteiger partial charge in [-0.3, -0.25) is 9.78 Å². The third kappa shape index (κ3) is 5.21. The molecule has 1 amide bonds. The number of nitrogens with one attached hydrogen (secondary N) is 2. The SMILES string of the molecule is Cl.Cl.O=C(NCc1ccncc1)C1CCNCC1. The van der Waals surface area contributed by atoms with Crippen molar-refractivity contribution < 1.29 is 4.79 Å². The summed E-state index contributed by atoms with van der Waals surface area (Å²) in [6, 6.07) is 3.84. The van der Waals surface area contributed by atoms with Crippen molar-refractivity contribution in [3.8, 4) is 0 Å². The van der Waals surface area contributed by atoms with Crippen LogP contribution in [0.15, 0.2) is 24.5 Å². The van der Waals surface area contributed by atoms with E-state index in [1.807, 2.05) is 12.1 Å². The minimum absolute atomic E-state index is 0. The Bertz CT molecular complexity index is 342. The first-order chi connectivity index (χ1) is 7.86. The van der Waals surface area contributed by atoms with E-state index in [-0.39, 0.29) is 36.6 Å². The molecule has 1 aromatic rings. The normalized spacial score (nSPS) is 15.1. The summed E-state index contributed by atoms with van der Waals surface area (Å²) in [6.07, 6.45) is 5.38. The number of carbonyl (C=O) groups is 1. The maximum atomic E-state index is 11.8. The largest absolute Gasteiger partial charge is 0.352 e. The summed E-state index contributed by atoms with van der Waals surface area (Å²) in [5, 5.41) is 6.23. The summed E-state index contributed by atoms with van der Waals surface area (Å²) in [5.74, 6) is 0.362. The van der Waals surface area contributed by atoms with E-state index in [1.165, 1.54) is 0 Å². The molecule has 0 saturated carbocycles. The molecule has 0 aromatic carbocycles. The Morgan fingerprint density at radius 2 is 1.89 bits per heavy atom. The molecule has 2 rings (SSSR count). The molecule has 6 heteroatoms. The lowest BCUT2D eigenvalue weighted by molar-refractivity contribution is -0.125. The molecule has 0 spiro atoms. The Labute approximate surface area is 120 Å². The molecular weight excluding hydrogens is 273 g/mol. The number of piperidine rings is 1. The zero-order chi connectivity index (χ0) is 11.2. The quantitative estimate of drug-likeness (QED) is 0.888. The lowest BCUT2D eigenvalue weighted by Gasteiger charge is -2.21. The number of pyridine rings is 1. The lowest BCUT2D eigenvalue weighted by Crippen LogP contribution is -2.37. The van der Waals surface area contributed by atoms with Crippen molar-refractivity contribution in [2.75, 3.05) is 13.1 Å². The molecule has 1 aromatic heterocycles. The molecular formula is C12H19Cl2N3O. The highest BCUT2D eigenvalue weighted by molar-refractivity contribution is 5.85. The summed E-state index contributed by atoms with van der Waals surface area (Å²) in [5.41, 5.74) is 1.09. The second-order valence-electron chi connectivity index (χ2n) is 4.10. The standard InChI is InChI=1S/C12H17N3O.2ClH/c16-12(11-3-7-14-8-4-11)15-9-10-1-5-13-6-2-10;;/h1-2,5-6,11,14H,3-4,7-9H2,(H,15,16);2*1H. The van der Waals surface area contributed by atoms with Crippen LogP contribution in [0.5, 0.6) is 0 Å². The molecule has 0 bridgehead atoms. The van der Waals surface area contributed by atoms with Crippen LogP contribution in [-0.2, 0) is 11.3 Å². The van der Waals surface area contributed by atoms with Crippen LogP contribution < -0.4 is 10.6 Å². The Kier molecular flexibility index (Phi) is 8.71. The van der Waals surface area contributed by atoms with E-state index < -0.39 is 0 Å². The van der Waals surface area contributed by atoms with Crippen molar-refractivity contribution >= 4 is 30.7 Å². The second kappa shape index (κ2) is 9.14. The zero-order valence-corrected chi connectivity index (χ0v) is 11.7. The number of hydrogen-bond acceptors (Lipinski definition) is 3. The fourth-order valence-electron chi connectivity index (χ4n) is 1.92. The van der Waals surface area contributed by atoms with Crippen LogP contribution in [0.2, 0.25) is 0 Å². The van der Waals surface area contributed by atoms with Gasteiger partial charge in [-0.15, -0.1) is 24.8 Å². The highest BCUT2D eigenvalue weighted by atomic mass is 35.5. The number of amides is 1. The zero-order valence-electron chi connectivity index (χ0n) is 10.1. The fourth-order valence-corrected chi connectivity index (χ4v) is 1.92. The van der Waals surface area contributed by atoms with Gasteiger partial charge in [0.25, 0.3) is 0 Å². The maximum absolute atomic E-state index is 11.8. The van der Waals surface area contributed by atoms with E-state index in [9.17, 15) is 4.79 Å². The van der Waals surface area contributed by atoms with E-state index in [0.717, 1.165) is 31.5 Å². The molecule has 4 nitrogen and oxygen atoms in total. The van der Waals surface area contributed by atoms with Gasteiger partial charge in [0.15, 0.2) is 0 Å². The van der Waals surface area contributed by atoms with Crippen molar-refractivity contribution in [1.29, 1.82) is 0 Å². The topological polar surface area (TPSA) is 54.0 Å². The van der Waals surface area contributed by atoms with Crippen LogP contribution in [0.4, 0.5) is 0 Å². The van der Waals surface area contributed by atoms with Crippen molar-refractivity contribution in [2.45, 2.75) is 19.4 Å². The monoisotopic (exact) mass is 291 g/mol. The molecule has 102 valence electrons. The van der Waals surface area contributed by atoms with Crippen LogP contribution >= 0.6 is 24.8 Å². The van der Waals surface area contributed by atoms with Gasteiger partial charge in [0.05, 0.1) is 0 Å². The average Bonchev–Trinajstić information content (AvgIpc) is 2.38. The van der Waals surface area contributed by atoms with E-state index in [1.54, 1.807) is 12.4 Å². The predicted molar refractivity (Wildman–Crippen MR) is 76.2 cm³/mol. The maximum Gasteiger partial charge on any atom is 0.223 e. The molecule has 0 radical (unpaired) electrons. The van der Waals surface area contributed by atoms with Crippen LogP contribution in [0.3, 0.4) is 0 Å². The Morgan fingerprint density at radius 3 is 2.50 bits per heavy atom. The van der Waals surface area contributed by atoms with Gasteiger partial charge in [0, 0.05) is 24.9 Å². The molecule has 1 aliphatic rings. The molecule has 2 heterocycles. The number of nitrogens with zero attached hydrogens (tertiary/aromatic N) is 1. The number of carbonyl (C=O) groups excluding carboxylic acids is 1. The molecule has 1 fully saturated rings. The van der Waals surface area contributed by atoms with Gasteiger partial charge in [-0.25, -0.2) is 0 Å². The minimum atomic E-state index is 0.